The van der Waals surface area contributed by atoms with E-state index in [1.54, 1.807) is 0 Å². The molecule has 0 aromatic heterocycles. The van der Waals surface area contributed by atoms with Crippen molar-refractivity contribution < 1.29 is 43.0 Å². The van der Waals surface area contributed by atoms with Crippen molar-refractivity contribution in [3.05, 3.63) is 60.8 Å². The maximum absolute atomic E-state index is 12.7. The van der Waals surface area contributed by atoms with Gasteiger partial charge in [0.2, 0.25) is 0 Å². The van der Waals surface area contributed by atoms with Crippen molar-refractivity contribution in [2.45, 2.75) is 238 Å². The molecule has 0 aliphatic rings. The smallest absolute Gasteiger partial charge is 0.457 e. The molecule has 0 saturated heterocycles. The van der Waals surface area contributed by atoms with Crippen LogP contribution in [0.15, 0.2) is 60.8 Å². The van der Waals surface area contributed by atoms with Gasteiger partial charge in [-0.1, -0.05) is 203 Å². The van der Waals surface area contributed by atoms with Gasteiger partial charge in [-0.15, -0.1) is 0 Å². The van der Waals surface area contributed by atoms with E-state index >= 15 is 0 Å². The van der Waals surface area contributed by atoms with Gasteiger partial charge >= 0.3 is 13.8 Å². The summed E-state index contributed by atoms with van der Waals surface area (Å²) in [5.74, 6) is -0.388. The highest BCUT2D eigenvalue weighted by Crippen LogP contribution is 2.43. The van der Waals surface area contributed by atoms with Gasteiger partial charge in [0.25, 0.3) is 0 Å². The Morgan fingerprint density at radius 2 is 0.905 bits per heavy atom. The van der Waals surface area contributed by atoms with Crippen molar-refractivity contribution in [1.29, 1.82) is 0 Å². The van der Waals surface area contributed by atoms with Crippen LogP contribution in [0.1, 0.15) is 226 Å². The highest BCUT2D eigenvalue weighted by Gasteiger charge is 2.26. The second-order valence-corrected chi connectivity index (χ2v) is 18.6. The lowest BCUT2D eigenvalue weighted by Crippen LogP contribution is -2.29. The lowest BCUT2D eigenvalue weighted by molar-refractivity contribution is -0.154. The number of allylic oxidation sites excluding steroid dienone is 10. The zero-order valence-electron chi connectivity index (χ0n) is 40.5. The SMILES string of the molecule is CC/C=C\C/C=C\C/C=C\C/C=C\CCCCCCCCCCCCC(=O)OC(COCCCCCCCCCC/C=C\CCCCCCCCC)COP(=O)(O)OCC(O)CO. The fourth-order valence-electron chi connectivity index (χ4n) is 7.05. The number of esters is 1. The van der Waals surface area contributed by atoms with Gasteiger partial charge in [0.05, 0.1) is 26.4 Å². The molecule has 0 amide bonds. The first-order chi connectivity index (χ1) is 30.8. The fourth-order valence-corrected chi connectivity index (χ4v) is 7.84. The lowest BCUT2D eigenvalue weighted by atomic mass is 10.0. The standard InChI is InChI=1S/C53H97O9P/c1-3-5-7-9-11-13-15-17-19-21-23-24-25-26-27-29-31-33-35-37-39-41-43-45-53(56)62-52(50-61-63(57,58)60-48-51(55)47-54)49-59-46-44-42-40-38-36-34-32-30-28-22-20-18-16-14-12-10-8-6-4-2/h5,7,11,13,17,19-20,22-24,51-52,54-55H,3-4,6,8-10,12,14-16,18,21,25-50H2,1-2H3,(H,57,58)/b7-5-,13-11-,19-17-,22-20-,24-23-. The summed E-state index contributed by atoms with van der Waals surface area (Å²) in [4.78, 5) is 22.7. The van der Waals surface area contributed by atoms with Gasteiger partial charge in [-0.25, -0.2) is 4.57 Å². The first-order valence-electron chi connectivity index (χ1n) is 25.8. The highest BCUT2D eigenvalue weighted by atomic mass is 31.2. The molecule has 0 fully saturated rings. The molecule has 368 valence electrons. The van der Waals surface area contributed by atoms with Gasteiger partial charge in [0.15, 0.2) is 0 Å². The highest BCUT2D eigenvalue weighted by molar-refractivity contribution is 7.47. The normalized spacial score (nSPS) is 14.3. The second-order valence-electron chi connectivity index (χ2n) is 17.2. The van der Waals surface area contributed by atoms with E-state index in [2.05, 4.69) is 74.6 Å². The van der Waals surface area contributed by atoms with E-state index in [0.29, 0.717) is 6.61 Å². The summed E-state index contributed by atoms with van der Waals surface area (Å²) in [7, 11) is -4.53. The van der Waals surface area contributed by atoms with Crippen molar-refractivity contribution >= 4 is 13.8 Å². The third kappa shape index (κ3) is 49.4. The Kier molecular flexibility index (Phi) is 48.1. The summed E-state index contributed by atoms with van der Waals surface area (Å²) in [6.45, 7) is 3.42. The molecule has 0 bridgehead atoms. The first-order valence-corrected chi connectivity index (χ1v) is 27.3. The summed E-state index contributed by atoms with van der Waals surface area (Å²) in [6, 6.07) is 0. The van der Waals surface area contributed by atoms with Crippen molar-refractivity contribution in [3.8, 4) is 0 Å². The largest absolute Gasteiger partial charge is 0.472 e. The molecule has 0 rings (SSSR count). The van der Waals surface area contributed by atoms with E-state index in [1.807, 2.05) is 0 Å². The van der Waals surface area contributed by atoms with E-state index in [4.69, 9.17) is 23.6 Å². The van der Waals surface area contributed by atoms with Crippen LogP contribution in [-0.4, -0.2) is 66.3 Å². The van der Waals surface area contributed by atoms with Gasteiger partial charge in [-0.2, -0.15) is 0 Å². The van der Waals surface area contributed by atoms with Gasteiger partial charge in [-0.05, 0) is 77.0 Å². The van der Waals surface area contributed by atoms with Gasteiger partial charge in [0.1, 0.15) is 12.2 Å². The number of unbranched alkanes of at least 4 members (excludes halogenated alkanes) is 25. The molecule has 0 spiro atoms. The molecule has 9 nitrogen and oxygen atoms in total. The van der Waals surface area contributed by atoms with Gasteiger partial charge in [0, 0.05) is 13.0 Å². The van der Waals surface area contributed by atoms with Crippen LogP contribution in [0.2, 0.25) is 0 Å². The van der Waals surface area contributed by atoms with E-state index in [9.17, 15) is 19.4 Å². The monoisotopic (exact) mass is 909 g/mol. The first kappa shape index (κ1) is 61.2. The molecule has 0 aliphatic heterocycles. The molecule has 3 atom stereocenters. The summed E-state index contributed by atoms with van der Waals surface area (Å²) in [6.07, 6.45) is 59.0. The van der Waals surface area contributed by atoms with Gasteiger partial charge < -0.3 is 24.6 Å². The number of carbonyl (C=O) groups excluding carboxylic acids is 1. The number of aliphatic hydroxyl groups excluding tert-OH is 2. The third-order valence-corrected chi connectivity index (χ3v) is 11.9. The molecular weight excluding hydrogens is 812 g/mol. The van der Waals surface area contributed by atoms with Crippen LogP contribution in [0, 0.1) is 0 Å². The predicted molar refractivity (Wildman–Crippen MR) is 265 cm³/mol. The number of rotatable bonds is 49. The van der Waals surface area contributed by atoms with Crippen LogP contribution >= 0.6 is 7.82 Å². The van der Waals surface area contributed by atoms with Gasteiger partial charge in [-0.3, -0.25) is 13.8 Å². The quantitative estimate of drug-likeness (QED) is 0.0236. The second kappa shape index (κ2) is 49.6. The lowest BCUT2D eigenvalue weighted by Gasteiger charge is -2.20. The molecule has 0 aromatic rings. The molecule has 0 saturated carbocycles. The van der Waals surface area contributed by atoms with Crippen molar-refractivity contribution in [3.63, 3.8) is 0 Å². The molecule has 10 heteroatoms. The predicted octanol–water partition coefficient (Wildman–Crippen LogP) is 15.1. The molecule has 0 aromatic carbocycles. The minimum atomic E-state index is -4.53. The fraction of sp³-hybridized carbons (Fsp3) is 0.792. The number of hydrogen-bond acceptors (Lipinski definition) is 8. The Labute approximate surface area is 387 Å². The van der Waals surface area contributed by atoms with E-state index in [0.717, 1.165) is 77.0 Å². The number of hydrogen-bond donors (Lipinski definition) is 3. The maximum Gasteiger partial charge on any atom is 0.472 e. The molecule has 0 aliphatic carbocycles. The molecule has 0 radical (unpaired) electrons. The average molecular weight is 909 g/mol. The van der Waals surface area contributed by atoms with Crippen molar-refractivity contribution in [2.24, 2.45) is 0 Å². The topological polar surface area (TPSA) is 132 Å². The number of phosphoric acid groups is 1. The van der Waals surface area contributed by atoms with E-state index in [-0.39, 0.29) is 25.6 Å². The Bertz CT molecular complexity index is 1170. The maximum atomic E-state index is 12.7. The molecule has 0 heterocycles. The van der Waals surface area contributed by atoms with E-state index < -0.39 is 33.2 Å². The molecule has 3 unspecified atom stereocenters. The molecule has 63 heavy (non-hydrogen) atoms. The summed E-state index contributed by atoms with van der Waals surface area (Å²) < 4.78 is 33.5. The Morgan fingerprint density at radius 1 is 0.508 bits per heavy atom. The van der Waals surface area contributed by atoms with E-state index in [1.165, 1.54) is 128 Å². The minimum absolute atomic E-state index is 0.0446. The van der Waals surface area contributed by atoms with Crippen LogP contribution in [0.4, 0.5) is 0 Å². The van der Waals surface area contributed by atoms with Crippen molar-refractivity contribution in [2.75, 3.05) is 33.0 Å². The van der Waals surface area contributed by atoms with Crippen LogP contribution < -0.4 is 0 Å². The number of aliphatic hydroxyl groups is 2. The number of phosphoric ester groups is 1. The summed E-state index contributed by atoms with van der Waals surface area (Å²) in [5, 5.41) is 18.4. The Hall–Kier alpha value is -1.84. The molecule has 3 N–H and O–H groups in total. The Morgan fingerprint density at radius 3 is 1.38 bits per heavy atom. The summed E-state index contributed by atoms with van der Waals surface area (Å²) in [5.41, 5.74) is 0. The average Bonchev–Trinajstić information content (AvgIpc) is 3.28. The zero-order valence-corrected chi connectivity index (χ0v) is 41.4. The van der Waals surface area contributed by atoms with Crippen LogP contribution in [-0.2, 0) is 27.9 Å². The summed E-state index contributed by atoms with van der Waals surface area (Å²) >= 11 is 0. The Balaban J connectivity index is 4.08. The number of carbonyl (C=O) groups is 1. The van der Waals surface area contributed by atoms with Crippen molar-refractivity contribution in [1.82, 2.24) is 0 Å². The van der Waals surface area contributed by atoms with Crippen LogP contribution in [0.25, 0.3) is 0 Å². The third-order valence-electron chi connectivity index (χ3n) is 10.9. The number of ether oxygens (including phenoxy) is 2. The minimum Gasteiger partial charge on any atom is -0.457 e. The molecular formula is C53H97O9P. The zero-order chi connectivity index (χ0) is 46.0. The van der Waals surface area contributed by atoms with Crippen LogP contribution in [0.5, 0.6) is 0 Å². The van der Waals surface area contributed by atoms with Crippen LogP contribution in [0.3, 0.4) is 0 Å².